The molecule has 0 spiro atoms. The molecule has 0 bridgehead atoms. The van der Waals surface area contributed by atoms with E-state index in [1.807, 2.05) is 6.92 Å². The highest BCUT2D eigenvalue weighted by atomic mass is 35.5. The maximum absolute atomic E-state index is 9.07. The van der Waals surface area contributed by atoms with Gasteiger partial charge in [-0.2, -0.15) is 0 Å². The van der Waals surface area contributed by atoms with Gasteiger partial charge in [-0.15, -0.1) is 24.8 Å². The minimum Gasteiger partial charge on any atom is -0.344 e. The van der Waals surface area contributed by atoms with Gasteiger partial charge in [0.2, 0.25) is 0 Å². The first-order valence-electron chi connectivity index (χ1n) is 11.9. The lowest BCUT2D eigenvalue weighted by Gasteiger charge is -2.34. The van der Waals surface area contributed by atoms with Gasteiger partial charge in [0.1, 0.15) is 0 Å². The molecule has 0 saturated carbocycles. The van der Waals surface area contributed by atoms with Crippen LogP contribution in [-0.2, 0) is 0 Å². The van der Waals surface area contributed by atoms with Crippen LogP contribution in [0.25, 0.3) is 0 Å². The van der Waals surface area contributed by atoms with Crippen molar-refractivity contribution >= 4 is 24.8 Å². The minimum absolute atomic E-state index is 0. The van der Waals surface area contributed by atoms with Crippen LogP contribution in [0.5, 0.6) is 0 Å². The van der Waals surface area contributed by atoms with Gasteiger partial charge in [0.15, 0.2) is 0 Å². The first-order chi connectivity index (χ1) is 13.2. The molecule has 7 heteroatoms. The van der Waals surface area contributed by atoms with Crippen molar-refractivity contribution in [2.24, 2.45) is 17.4 Å². The molecule has 0 aliphatic heterocycles. The van der Waals surface area contributed by atoms with Crippen molar-refractivity contribution in [2.75, 3.05) is 0 Å². The topological polar surface area (TPSA) is 113 Å². The van der Waals surface area contributed by atoms with E-state index in [2.05, 4.69) is 6.92 Å². The number of nitrogens with two attached hydrogens (primary N) is 2. The summed E-state index contributed by atoms with van der Waals surface area (Å²) >= 11 is 0. The van der Waals surface area contributed by atoms with Gasteiger partial charge in [0.25, 0.3) is 5.97 Å². The molecule has 1 unspecified atom stereocenters. The SMILES string of the molecule is CCCCCCCCCCCCCCCCCCC(C)C(N)(N)CC(O)(O)O.Cl.Cl. The van der Waals surface area contributed by atoms with Crippen LogP contribution < -0.4 is 11.5 Å². The van der Waals surface area contributed by atoms with E-state index in [1.165, 1.54) is 89.9 Å². The molecule has 0 saturated heterocycles. The van der Waals surface area contributed by atoms with Gasteiger partial charge in [-0.1, -0.05) is 117 Å². The van der Waals surface area contributed by atoms with Gasteiger partial charge < -0.3 is 26.8 Å². The quantitative estimate of drug-likeness (QED) is 0.114. The van der Waals surface area contributed by atoms with Crippen molar-refractivity contribution in [3.63, 3.8) is 0 Å². The molecule has 0 rings (SSSR count). The van der Waals surface area contributed by atoms with Crippen LogP contribution in [0, 0.1) is 5.92 Å². The molecular formula is C23H52Cl2N2O3. The number of hydrogen-bond donors (Lipinski definition) is 5. The number of aliphatic hydroxyl groups is 3. The van der Waals surface area contributed by atoms with E-state index < -0.39 is 18.1 Å². The van der Waals surface area contributed by atoms with E-state index >= 15 is 0 Å². The van der Waals surface area contributed by atoms with Crippen molar-refractivity contribution in [3.8, 4) is 0 Å². The number of halogens is 2. The summed E-state index contributed by atoms with van der Waals surface area (Å²) in [6.45, 7) is 4.17. The first-order valence-corrected chi connectivity index (χ1v) is 11.9. The summed E-state index contributed by atoms with van der Waals surface area (Å²) in [5, 5.41) is 27.2. The summed E-state index contributed by atoms with van der Waals surface area (Å²) < 4.78 is 0. The fourth-order valence-electron chi connectivity index (χ4n) is 3.85. The van der Waals surface area contributed by atoms with Crippen LogP contribution in [0.4, 0.5) is 0 Å². The molecule has 0 aromatic heterocycles. The summed E-state index contributed by atoms with van der Waals surface area (Å²) in [5.41, 5.74) is 10.6. The Morgan fingerprint density at radius 1 is 0.600 bits per heavy atom. The van der Waals surface area contributed by atoms with Crippen molar-refractivity contribution in [1.29, 1.82) is 0 Å². The molecule has 0 fully saturated rings. The maximum Gasteiger partial charge on any atom is 0.278 e. The third-order valence-electron chi connectivity index (χ3n) is 5.95. The zero-order valence-electron chi connectivity index (χ0n) is 19.6. The van der Waals surface area contributed by atoms with Gasteiger partial charge in [-0.05, 0) is 12.3 Å². The summed E-state index contributed by atoms with van der Waals surface area (Å²) in [6.07, 6.45) is 21.8. The van der Waals surface area contributed by atoms with E-state index in [0.29, 0.717) is 0 Å². The Labute approximate surface area is 198 Å². The van der Waals surface area contributed by atoms with E-state index in [-0.39, 0.29) is 30.7 Å². The summed E-state index contributed by atoms with van der Waals surface area (Å²) in [4.78, 5) is 0. The van der Waals surface area contributed by atoms with Gasteiger partial charge >= 0.3 is 0 Å². The van der Waals surface area contributed by atoms with Crippen molar-refractivity contribution in [3.05, 3.63) is 0 Å². The molecule has 30 heavy (non-hydrogen) atoms. The molecule has 0 aliphatic rings. The lowest BCUT2D eigenvalue weighted by atomic mass is 9.87. The number of hydrogen-bond acceptors (Lipinski definition) is 5. The molecule has 7 N–H and O–H groups in total. The van der Waals surface area contributed by atoms with E-state index in [4.69, 9.17) is 26.8 Å². The van der Waals surface area contributed by atoms with Crippen LogP contribution >= 0.6 is 24.8 Å². The van der Waals surface area contributed by atoms with Crippen LogP contribution in [-0.4, -0.2) is 27.0 Å². The van der Waals surface area contributed by atoms with E-state index in [9.17, 15) is 0 Å². The highest BCUT2D eigenvalue weighted by molar-refractivity contribution is 5.85. The fraction of sp³-hybridized carbons (Fsp3) is 1.00. The lowest BCUT2D eigenvalue weighted by Crippen LogP contribution is -2.59. The molecule has 0 heterocycles. The largest absolute Gasteiger partial charge is 0.344 e. The molecule has 0 radical (unpaired) electrons. The Balaban J connectivity index is -0.00000364. The molecule has 0 aliphatic carbocycles. The second-order valence-electron chi connectivity index (χ2n) is 9.06. The lowest BCUT2D eigenvalue weighted by molar-refractivity contribution is -0.322. The minimum atomic E-state index is -2.80. The van der Waals surface area contributed by atoms with Crippen LogP contribution in [0.2, 0.25) is 0 Å². The molecule has 1 atom stereocenters. The Morgan fingerprint density at radius 2 is 0.900 bits per heavy atom. The number of rotatable bonds is 20. The van der Waals surface area contributed by atoms with Gasteiger partial charge in [0.05, 0.1) is 12.1 Å². The van der Waals surface area contributed by atoms with Gasteiger partial charge in [-0.3, -0.25) is 0 Å². The zero-order valence-corrected chi connectivity index (χ0v) is 21.3. The maximum atomic E-state index is 9.07. The standard InChI is InChI=1S/C23H50N2O3.2ClH/c1-3-4-5-6-7-8-9-10-11-12-13-14-15-16-17-18-19-21(2)22(24,25)20-23(26,27)28;;/h21,26-28H,3-20,24-25H2,1-2H3;2*1H. The highest BCUT2D eigenvalue weighted by Gasteiger charge is 2.35. The smallest absolute Gasteiger partial charge is 0.278 e. The van der Waals surface area contributed by atoms with Crippen LogP contribution in [0.3, 0.4) is 0 Å². The monoisotopic (exact) mass is 474 g/mol. The molecule has 0 aromatic rings. The molecule has 0 amide bonds. The van der Waals surface area contributed by atoms with Gasteiger partial charge in [0, 0.05) is 0 Å². The number of unbranched alkanes of at least 4 members (excludes halogenated alkanes) is 15. The van der Waals surface area contributed by atoms with Crippen molar-refractivity contribution in [1.82, 2.24) is 0 Å². The molecule has 0 aromatic carbocycles. The fourth-order valence-corrected chi connectivity index (χ4v) is 3.85. The molecular weight excluding hydrogens is 423 g/mol. The Hall–Kier alpha value is 0.380. The Bertz CT molecular complexity index is 354. The molecule has 5 nitrogen and oxygen atoms in total. The summed E-state index contributed by atoms with van der Waals surface area (Å²) in [5.74, 6) is -2.88. The van der Waals surface area contributed by atoms with Crippen LogP contribution in [0.15, 0.2) is 0 Å². The second-order valence-corrected chi connectivity index (χ2v) is 9.06. The zero-order chi connectivity index (χ0) is 21.3. The highest BCUT2D eigenvalue weighted by Crippen LogP contribution is 2.23. The van der Waals surface area contributed by atoms with E-state index in [1.54, 1.807) is 0 Å². The third-order valence-corrected chi connectivity index (χ3v) is 5.95. The second kappa shape index (κ2) is 21.2. The Kier molecular flexibility index (Phi) is 24.8. The summed E-state index contributed by atoms with van der Waals surface area (Å²) in [6, 6.07) is 0. The third kappa shape index (κ3) is 23.1. The predicted octanol–water partition coefficient (Wildman–Crippen LogP) is 5.75. The van der Waals surface area contributed by atoms with Crippen molar-refractivity contribution < 1.29 is 15.3 Å². The normalized spacial score (nSPS) is 12.9. The summed E-state index contributed by atoms with van der Waals surface area (Å²) in [7, 11) is 0. The van der Waals surface area contributed by atoms with Crippen LogP contribution in [0.1, 0.15) is 129 Å². The average Bonchev–Trinajstić information content (AvgIpc) is 2.59. The first kappa shape index (κ1) is 35.0. The Morgan fingerprint density at radius 3 is 1.20 bits per heavy atom. The van der Waals surface area contributed by atoms with Gasteiger partial charge in [-0.25, -0.2) is 0 Å². The average molecular weight is 476 g/mol. The molecule has 186 valence electrons. The van der Waals surface area contributed by atoms with Crippen molar-refractivity contribution in [2.45, 2.75) is 141 Å². The predicted molar refractivity (Wildman–Crippen MR) is 133 cm³/mol. The van der Waals surface area contributed by atoms with E-state index in [0.717, 1.165) is 19.3 Å².